The van der Waals surface area contributed by atoms with Crippen LogP contribution in [0, 0.1) is 5.92 Å². The summed E-state index contributed by atoms with van der Waals surface area (Å²) in [6.45, 7) is 4.05. The van der Waals surface area contributed by atoms with Gasteiger partial charge in [-0.25, -0.2) is 0 Å². The number of nitrogens with zero attached hydrogens (tertiary/aromatic N) is 1. The topological polar surface area (TPSA) is 26.2 Å². The lowest BCUT2D eigenvalue weighted by Crippen LogP contribution is -2.36. The van der Waals surface area contributed by atoms with E-state index in [0.717, 1.165) is 19.6 Å². The van der Waals surface area contributed by atoms with Crippen LogP contribution in [0.25, 0.3) is 21.8 Å². The molecule has 3 heteroatoms. The van der Waals surface area contributed by atoms with Crippen LogP contribution < -0.4 is 5.32 Å². The monoisotopic (exact) mass is 382 g/mol. The molecule has 146 valence electrons. The highest BCUT2D eigenvalue weighted by atomic mass is 16.5. The molecule has 0 amide bonds. The predicted molar refractivity (Wildman–Crippen MR) is 119 cm³/mol. The van der Waals surface area contributed by atoms with Gasteiger partial charge in [-0.05, 0) is 43.5 Å². The molecular formula is C26H26N2O. The number of aryl methyl sites for hydroxylation is 1. The summed E-state index contributed by atoms with van der Waals surface area (Å²) in [7, 11) is 0. The molecule has 1 aromatic heterocycles. The standard InChI is InChI=1S/C26H26N2O/c1-2-28-21-13-7-6-11-18(21)23-22(28)15-14-20-24(23)26-19(12-8-16-29-26)25(27-20)17-9-4-3-5-10-17/h3-7,9-11,13-15,19,25-27H,2,8,12,16H2,1H3/t19-,25+,26-/m1/s1. The van der Waals surface area contributed by atoms with E-state index >= 15 is 0 Å². The number of fused-ring (bicyclic) bond motifs is 7. The SMILES string of the molecule is CCn1c2ccccc2c2c3c(ccc21)N[C@@H](c1ccccc1)[C@H]1CCCO[C@@H]31. The second kappa shape index (κ2) is 6.64. The first-order valence-corrected chi connectivity index (χ1v) is 10.8. The fourth-order valence-corrected chi connectivity index (χ4v) is 5.64. The average Bonchev–Trinajstić information content (AvgIpc) is 3.12. The van der Waals surface area contributed by atoms with Crippen LogP contribution >= 0.6 is 0 Å². The summed E-state index contributed by atoms with van der Waals surface area (Å²) in [4.78, 5) is 0. The van der Waals surface area contributed by atoms with Gasteiger partial charge in [-0.1, -0.05) is 48.5 Å². The summed E-state index contributed by atoms with van der Waals surface area (Å²) >= 11 is 0. The average molecular weight is 383 g/mol. The number of hydrogen-bond donors (Lipinski definition) is 1. The van der Waals surface area contributed by atoms with Crippen LogP contribution in [0.2, 0.25) is 0 Å². The van der Waals surface area contributed by atoms with Crippen LogP contribution in [0.4, 0.5) is 5.69 Å². The van der Waals surface area contributed by atoms with Crippen molar-refractivity contribution in [1.82, 2.24) is 4.57 Å². The number of nitrogens with one attached hydrogen (secondary N) is 1. The Morgan fingerprint density at radius 1 is 0.966 bits per heavy atom. The van der Waals surface area contributed by atoms with Gasteiger partial charge in [0.15, 0.2) is 0 Å². The van der Waals surface area contributed by atoms with Crippen LogP contribution in [0.15, 0.2) is 66.7 Å². The van der Waals surface area contributed by atoms with E-state index in [1.54, 1.807) is 0 Å². The van der Waals surface area contributed by atoms with Crippen molar-refractivity contribution in [3.63, 3.8) is 0 Å². The van der Waals surface area contributed by atoms with Gasteiger partial charge in [-0.15, -0.1) is 0 Å². The van der Waals surface area contributed by atoms with Gasteiger partial charge in [0.2, 0.25) is 0 Å². The number of benzene rings is 3. The van der Waals surface area contributed by atoms with Gasteiger partial charge in [0, 0.05) is 52.1 Å². The Kier molecular flexibility index (Phi) is 3.91. The number of ether oxygens (including phenoxy) is 1. The van der Waals surface area contributed by atoms with E-state index in [-0.39, 0.29) is 6.10 Å². The molecule has 2 aliphatic rings. The summed E-state index contributed by atoms with van der Waals surface area (Å²) in [6, 6.07) is 24.5. The molecule has 0 spiro atoms. The van der Waals surface area contributed by atoms with Crippen LogP contribution in [0.5, 0.6) is 0 Å². The Balaban J connectivity index is 1.63. The molecule has 0 unspecified atom stereocenters. The first kappa shape index (κ1) is 17.1. The van der Waals surface area contributed by atoms with Crippen molar-refractivity contribution in [3.8, 4) is 0 Å². The summed E-state index contributed by atoms with van der Waals surface area (Å²) in [5.74, 6) is 0.452. The molecule has 0 bridgehead atoms. The third-order valence-corrected chi connectivity index (χ3v) is 6.85. The minimum absolute atomic E-state index is 0.144. The van der Waals surface area contributed by atoms with Crippen LogP contribution in [0.1, 0.15) is 43.0 Å². The fraction of sp³-hybridized carbons (Fsp3) is 0.308. The second-order valence-electron chi connectivity index (χ2n) is 8.31. The van der Waals surface area contributed by atoms with Crippen LogP contribution in [-0.4, -0.2) is 11.2 Å². The predicted octanol–water partition coefficient (Wildman–Crippen LogP) is 6.45. The molecule has 3 aromatic carbocycles. The minimum Gasteiger partial charge on any atom is -0.378 e. The van der Waals surface area contributed by atoms with Crippen molar-refractivity contribution in [1.29, 1.82) is 0 Å². The van der Waals surface area contributed by atoms with E-state index in [4.69, 9.17) is 4.74 Å². The van der Waals surface area contributed by atoms with E-state index in [1.165, 1.54) is 45.0 Å². The van der Waals surface area contributed by atoms with E-state index in [1.807, 2.05) is 0 Å². The van der Waals surface area contributed by atoms with Gasteiger partial charge in [-0.2, -0.15) is 0 Å². The largest absolute Gasteiger partial charge is 0.378 e. The number of hydrogen-bond acceptors (Lipinski definition) is 2. The number of anilines is 1. The summed E-state index contributed by atoms with van der Waals surface area (Å²) in [5.41, 5.74) is 6.59. The zero-order chi connectivity index (χ0) is 19.4. The Morgan fingerprint density at radius 3 is 2.66 bits per heavy atom. The second-order valence-corrected chi connectivity index (χ2v) is 8.31. The number of aromatic nitrogens is 1. The lowest BCUT2D eigenvalue weighted by atomic mass is 9.76. The van der Waals surface area contributed by atoms with Gasteiger partial charge < -0.3 is 14.6 Å². The van der Waals surface area contributed by atoms with Crippen molar-refractivity contribution in [3.05, 3.63) is 77.9 Å². The van der Waals surface area contributed by atoms with E-state index in [9.17, 15) is 0 Å². The van der Waals surface area contributed by atoms with E-state index < -0.39 is 0 Å². The Morgan fingerprint density at radius 2 is 1.79 bits per heavy atom. The Labute approximate surface area is 171 Å². The van der Waals surface area contributed by atoms with Crippen LogP contribution in [-0.2, 0) is 11.3 Å². The molecule has 1 N–H and O–H groups in total. The van der Waals surface area contributed by atoms with Gasteiger partial charge in [0.05, 0.1) is 12.1 Å². The zero-order valence-corrected chi connectivity index (χ0v) is 16.8. The maximum absolute atomic E-state index is 6.51. The smallest absolute Gasteiger partial charge is 0.0902 e. The normalized spacial score (nSPS) is 23.6. The number of para-hydroxylation sites is 1. The van der Waals surface area contributed by atoms with Crippen molar-refractivity contribution in [2.24, 2.45) is 5.92 Å². The molecule has 4 aromatic rings. The maximum atomic E-state index is 6.51. The molecule has 1 saturated heterocycles. The molecular weight excluding hydrogens is 356 g/mol. The van der Waals surface area contributed by atoms with Gasteiger partial charge in [0.25, 0.3) is 0 Å². The van der Waals surface area contributed by atoms with Crippen molar-refractivity contribution < 1.29 is 4.74 Å². The molecule has 6 rings (SSSR count). The van der Waals surface area contributed by atoms with Crippen molar-refractivity contribution >= 4 is 27.5 Å². The quantitative estimate of drug-likeness (QED) is 0.431. The molecule has 29 heavy (non-hydrogen) atoms. The summed E-state index contributed by atoms with van der Waals surface area (Å²) in [6.07, 6.45) is 2.47. The molecule has 0 aliphatic carbocycles. The zero-order valence-electron chi connectivity index (χ0n) is 16.8. The molecule has 2 aliphatic heterocycles. The molecule has 1 fully saturated rings. The fourth-order valence-electron chi connectivity index (χ4n) is 5.64. The molecule has 0 radical (unpaired) electrons. The van der Waals surface area contributed by atoms with E-state index in [0.29, 0.717) is 12.0 Å². The minimum atomic E-state index is 0.144. The third-order valence-electron chi connectivity index (χ3n) is 6.85. The molecule has 0 saturated carbocycles. The summed E-state index contributed by atoms with van der Waals surface area (Å²) in [5, 5.41) is 6.62. The van der Waals surface area contributed by atoms with Crippen molar-refractivity contribution in [2.75, 3.05) is 11.9 Å². The first-order chi connectivity index (χ1) is 14.4. The lowest BCUT2D eigenvalue weighted by Gasteiger charge is -2.43. The highest BCUT2D eigenvalue weighted by Gasteiger charge is 2.41. The van der Waals surface area contributed by atoms with Gasteiger partial charge >= 0.3 is 0 Å². The first-order valence-electron chi connectivity index (χ1n) is 10.8. The highest BCUT2D eigenvalue weighted by molar-refractivity contribution is 6.11. The van der Waals surface area contributed by atoms with Crippen molar-refractivity contribution in [2.45, 2.75) is 38.5 Å². The van der Waals surface area contributed by atoms with Crippen LogP contribution in [0.3, 0.4) is 0 Å². The molecule has 3 nitrogen and oxygen atoms in total. The molecule has 3 heterocycles. The number of rotatable bonds is 2. The molecule has 3 atom stereocenters. The Bertz CT molecular complexity index is 1190. The maximum Gasteiger partial charge on any atom is 0.0902 e. The lowest BCUT2D eigenvalue weighted by molar-refractivity contribution is -0.0372. The van der Waals surface area contributed by atoms with Gasteiger partial charge in [-0.3, -0.25) is 0 Å². The third kappa shape index (κ3) is 2.47. The van der Waals surface area contributed by atoms with E-state index in [2.05, 4.69) is 83.5 Å². The summed E-state index contributed by atoms with van der Waals surface area (Å²) < 4.78 is 8.95. The highest BCUT2D eigenvalue weighted by Crippen LogP contribution is 2.52. The Hall–Kier alpha value is -2.78. The van der Waals surface area contributed by atoms with Gasteiger partial charge in [0.1, 0.15) is 0 Å².